The van der Waals surface area contributed by atoms with E-state index in [0.717, 1.165) is 12.8 Å². The minimum Gasteiger partial charge on any atom is -0.383 e. The van der Waals surface area contributed by atoms with Crippen molar-refractivity contribution in [1.82, 2.24) is 15.2 Å². The van der Waals surface area contributed by atoms with Gasteiger partial charge in [-0.25, -0.2) is 0 Å². The van der Waals surface area contributed by atoms with Crippen LogP contribution in [0.15, 0.2) is 24.5 Å². The van der Waals surface area contributed by atoms with Gasteiger partial charge in [0, 0.05) is 32.6 Å². The van der Waals surface area contributed by atoms with Crippen molar-refractivity contribution in [3.05, 3.63) is 30.1 Å². The van der Waals surface area contributed by atoms with Crippen molar-refractivity contribution < 1.29 is 4.74 Å². The average Bonchev–Trinajstić information content (AvgIpc) is 2.44. The highest BCUT2D eigenvalue weighted by Crippen LogP contribution is 2.02. The summed E-state index contributed by atoms with van der Waals surface area (Å²) in [6.45, 7) is 1.77. The Labute approximate surface area is 124 Å². The monoisotopic (exact) mass is 295 g/mol. The maximum absolute atomic E-state index is 7.58. The number of pyridine rings is 1. The van der Waals surface area contributed by atoms with Gasteiger partial charge in [0.05, 0.1) is 6.61 Å². The molecule has 7 heteroatoms. The molecule has 0 unspecified atom stereocenters. The lowest BCUT2D eigenvalue weighted by Gasteiger charge is -2.23. The maximum Gasteiger partial charge on any atom is 0.194 e. The molecule has 4 N–H and O–H groups in total. The fourth-order valence-corrected chi connectivity index (χ4v) is 1.97. The van der Waals surface area contributed by atoms with Crippen LogP contribution in [0.1, 0.15) is 12.0 Å². The van der Waals surface area contributed by atoms with Crippen LogP contribution >= 0.6 is 12.2 Å². The topological polar surface area (TPSA) is 87.3 Å². The lowest BCUT2D eigenvalue weighted by atomic mass is 10.1. The molecule has 1 rings (SSSR count). The van der Waals surface area contributed by atoms with Crippen molar-refractivity contribution in [2.75, 3.05) is 26.8 Å². The summed E-state index contributed by atoms with van der Waals surface area (Å²) in [5.74, 6) is -0.0466. The van der Waals surface area contributed by atoms with Gasteiger partial charge in [-0.15, -0.1) is 0 Å². The minimum atomic E-state index is -0.0466. The molecule has 110 valence electrons. The molecule has 0 aromatic carbocycles. The Kier molecular flexibility index (Phi) is 7.52. The van der Waals surface area contributed by atoms with Crippen molar-refractivity contribution in [1.29, 1.82) is 5.41 Å². The Morgan fingerprint density at radius 1 is 1.50 bits per heavy atom. The van der Waals surface area contributed by atoms with E-state index in [2.05, 4.69) is 10.3 Å². The van der Waals surface area contributed by atoms with Gasteiger partial charge in [0.2, 0.25) is 0 Å². The molecule has 0 spiro atoms. The summed E-state index contributed by atoms with van der Waals surface area (Å²) >= 11 is 5.22. The second kappa shape index (κ2) is 9.22. The van der Waals surface area contributed by atoms with Crippen LogP contribution in [0.2, 0.25) is 0 Å². The number of hydrogen-bond donors (Lipinski definition) is 3. The Bertz CT molecular complexity index is 426. The zero-order valence-corrected chi connectivity index (χ0v) is 12.4. The molecule has 0 amide bonds. The fourth-order valence-electron chi connectivity index (χ4n) is 1.68. The summed E-state index contributed by atoms with van der Waals surface area (Å²) in [6.07, 6.45) is 5.30. The SMILES string of the molecule is COCCNC(=S)N(CCCc1ccncc1)C(=N)N. The predicted octanol–water partition coefficient (Wildman–Crippen LogP) is 0.731. The summed E-state index contributed by atoms with van der Waals surface area (Å²) in [7, 11) is 1.63. The number of ether oxygens (including phenoxy) is 1. The number of aromatic nitrogens is 1. The zero-order valence-electron chi connectivity index (χ0n) is 11.6. The molecule has 0 aliphatic rings. The minimum absolute atomic E-state index is 0.0466. The van der Waals surface area contributed by atoms with Crippen LogP contribution in [0.4, 0.5) is 0 Å². The molecule has 0 atom stereocenters. The molecule has 0 fully saturated rings. The largest absolute Gasteiger partial charge is 0.383 e. The fraction of sp³-hybridized carbons (Fsp3) is 0.462. The van der Waals surface area contributed by atoms with Gasteiger partial charge in [0.1, 0.15) is 0 Å². The summed E-state index contributed by atoms with van der Waals surface area (Å²) in [4.78, 5) is 5.57. The highest BCUT2D eigenvalue weighted by atomic mass is 32.1. The molecule has 0 aliphatic carbocycles. The number of nitrogens with one attached hydrogen (secondary N) is 2. The van der Waals surface area contributed by atoms with E-state index < -0.39 is 0 Å². The van der Waals surface area contributed by atoms with Crippen LogP contribution < -0.4 is 11.1 Å². The van der Waals surface area contributed by atoms with Crippen molar-refractivity contribution in [3.63, 3.8) is 0 Å². The first-order valence-corrected chi connectivity index (χ1v) is 6.83. The Balaban J connectivity index is 2.39. The average molecular weight is 295 g/mol. The number of methoxy groups -OCH3 is 1. The van der Waals surface area contributed by atoms with Crippen molar-refractivity contribution in [2.45, 2.75) is 12.8 Å². The molecule has 1 heterocycles. The number of thiocarbonyl (C=S) groups is 1. The van der Waals surface area contributed by atoms with Gasteiger partial charge in [-0.2, -0.15) is 0 Å². The van der Waals surface area contributed by atoms with Crippen LogP contribution in [-0.2, 0) is 11.2 Å². The molecule has 0 saturated carbocycles. The molecule has 6 nitrogen and oxygen atoms in total. The third kappa shape index (κ3) is 5.94. The Morgan fingerprint density at radius 2 is 2.20 bits per heavy atom. The predicted molar refractivity (Wildman–Crippen MR) is 83.7 cm³/mol. The van der Waals surface area contributed by atoms with Crippen molar-refractivity contribution >= 4 is 23.3 Å². The molecule has 1 aromatic heterocycles. The van der Waals surface area contributed by atoms with E-state index in [1.54, 1.807) is 24.4 Å². The standard InChI is InChI=1S/C13H21N5OS/c1-19-10-8-17-13(20)18(12(14)15)9-2-3-11-4-6-16-7-5-11/h4-7H,2-3,8-10H2,1H3,(H3,14,15)(H,17,20). The maximum atomic E-state index is 7.58. The van der Waals surface area contributed by atoms with Gasteiger partial charge in [0.25, 0.3) is 0 Å². The zero-order chi connectivity index (χ0) is 14.8. The molecule has 0 bridgehead atoms. The number of nitrogens with zero attached hydrogens (tertiary/aromatic N) is 2. The lowest BCUT2D eigenvalue weighted by molar-refractivity contribution is 0.203. The summed E-state index contributed by atoms with van der Waals surface area (Å²) < 4.78 is 4.94. The molecular formula is C13H21N5OS. The number of nitrogens with two attached hydrogens (primary N) is 1. The van der Waals surface area contributed by atoms with Gasteiger partial charge < -0.3 is 15.8 Å². The van der Waals surface area contributed by atoms with Gasteiger partial charge >= 0.3 is 0 Å². The highest BCUT2D eigenvalue weighted by molar-refractivity contribution is 7.80. The molecule has 1 aromatic rings. The second-order valence-electron chi connectivity index (χ2n) is 4.22. The normalized spacial score (nSPS) is 10.1. The first-order chi connectivity index (χ1) is 9.65. The first kappa shape index (κ1) is 16.3. The second-order valence-corrected chi connectivity index (χ2v) is 4.61. The van der Waals surface area contributed by atoms with E-state index in [9.17, 15) is 0 Å². The van der Waals surface area contributed by atoms with Crippen LogP contribution in [0.5, 0.6) is 0 Å². The highest BCUT2D eigenvalue weighted by Gasteiger charge is 2.11. The molecular weight excluding hydrogens is 274 g/mol. The van der Waals surface area contributed by atoms with Gasteiger partial charge in [-0.3, -0.25) is 15.3 Å². The van der Waals surface area contributed by atoms with Gasteiger partial charge in [0.15, 0.2) is 11.1 Å². The summed E-state index contributed by atoms with van der Waals surface area (Å²) in [5, 5.41) is 11.1. The van der Waals surface area contributed by atoms with Gasteiger partial charge in [-0.1, -0.05) is 0 Å². The van der Waals surface area contributed by atoms with Crippen LogP contribution in [0.25, 0.3) is 0 Å². The van der Waals surface area contributed by atoms with E-state index in [-0.39, 0.29) is 5.96 Å². The number of hydrogen-bond acceptors (Lipinski definition) is 4. The van der Waals surface area contributed by atoms with Crippen molar-refractivity contribution in [2.24, 2.45) is 5.73 Å². The summed E-state index contributed by atoms with van der Waals surface area (Å²) in [6, 6.07) is 3.96. The van der Waals surface area contributed by atoms with Crippen LogP contribution in [-0.4, -0.2) is 47.8 Å². The van der Waals surface area contributed by atoms with Crippen LogP contribution in [0, 0.1) is 5.41 Å². The van der Waals surface area contributed by atoms with E-state index in [0.29, 0.717) is 24.8 Å². The third-order valence-corrected chi connectivity index (χ3v) is 3.08. The smallest absolute Gasteiger partial charge is 0.194 e. The van der Waals surface area contributed by atoms with E-state index in [4.69, 9.17) is 28.1 Å². The Morgan fingerprint density at radius 3 is 2.80 bits per heavy atom. The van der Waals surface area contributed by atoms with Crippen LogP contribution in [0.3, 0.4) is 0 Å². The molecule has 20 heavy (non-hydrogen) atoms. The number of rotatable bonds is 7. The molecule has 0 radical (unpaired) electrons. The van der Waals surface area contributed by atoms with E-state index in [1.807, 2.05) is 12.1 Å². The third-order valence-electron chi connectivity index (χ3n) is 2.71. The first-order valence-electron chi connectivity index (χ1n) is 6.42. The summed E-state index contributed by atoms with van der Waals surface area (Å²) in [5.41, 5.74) is 6.77. The van der Waals surface area contributed by atoms with E-state index >= 15 is 0 Å². The van der Waals surface area contributed by atoms with E-state index in [1.165, 1.54) is 5.56 Å². The van der Waals surface area contributed by atoms with Crippen molar-refractivity contribution in [3.8, 4) is 0 Å². The van der Waals surface area contributed by atoms with Gasteiger partial charge in [-0.05, 0) is 42.8 Å². The number of aryl methyl sites for hydroxylation is 1. The lowest BCUT2D eigenvalue weighted by Crippen LogP contribution is -2.47. The molecule has 0 saturated heterocycles. The molecule has 0 aliphatic heterocycles. The quantitative estimate of drug-likeness (QED) is 0.297. The Hall–Kier alpha value is -1.73. The number of guanidine groups is 1.